The summed E-state index contributed by atoms with van der Waals surface area (Å²) in [6.45, 7) is 4.05. The van der Waals surface area contributed by atoms with Crippen molar-refractivity contribution in [2.24, 2.45) is 0 Å². The van der Waals surface area contributed by atoms with Crippen LogP contribution < -0.4 is 15.4 Å². The molecule has 0 bridgehead atoms. The number of halogens is 2. The monoisotopic (exact) mass is 481 g/mol. The van der Waals surface area contributed by atoms with Gasteiger partial charge in [0.05, 0.1) is 24.4 Å². The van der Waals surface area contributed by atoms with Gasteiger partial charge < -0.3 is 20.5 Å². The van der Waals surface area contributed by atoms with Crippen molar-refractivity contribution >= 4 is 5.91 Å². The van der Waals surface area contributed by atoms with Gasteiger partial charge in [0.25, 0.3) is 0 Å². The van der Waals surface area contributed by atoms with Crippen LogP contribution in [0.15, 0.2) is 54.7 Å². The second kappa shape index (κ2) is 10.9. The highest BCUT2D eigenvalue weighted by Crippen LogP contribution is 2.35. The van der Waals surface area contributed by atoms with Gasteiger partial charge in [0.15, 0.2) is 0 Å². The molecule has 3 unspecified atom stereocenters. The number of nitrogens with one attached hydrogen (secondary N) is 2. The molecule has 4 rings (SSSR count). The Labute approximate surface area is 203 Å². The Balaban J connectivity index is 1.49. The number of ether oxygens (including phenoxy) is 1. The number of aryl methyl sites for hydroxylation is 1. The molecular formula is C27H29F2N3O3. The third-order valence-corrected chi connectivity index (χ3v) is 6.06. The minimum Gasteiger partial charge on any atom is -0.493 e. The summed E-state index contributed by atoms with van der Waals surface area (Å²) < 4.78 is 33.1. The minimum absolute atomic E-state index is 0.0808. The first-order chi connectivity index (χ1) is 16.8. The number of pyridine rings is 1. The zero-order valence-corrected chi connectivity index (χ0v) is 19.7. The Bertz CT molecular complexity index is 1180. The maximum atomic E-state index is 13.6. The number of fused-ring (bicyclic) bond motifs is 1. The second-order valence-corrected chi connectivity index (χ2v) is 8.93. The maximum absolute atomic E-state index is 13.6. The first kappa shape index (κ1) is 24.8. The van der Waals surface area contributed by atoms with Crippen LogP contribution >= 0.6 is 0 Å². The Hall–Kier alpha value is -3.36. The van der Waals surface area contributed by atoms with Gasteiger partial charge in [0, 0.05) is 49.3 Å². The van der Waals surface area contributed by atoms with Crippen LogP contribution in [0.2, 0.25) is 0 Å². The van der Waals surface area contributed by atoms with E-state index in [0.29, 0.717) is 18.6 Å². The molecule has 1 aliphatic rings. The number of hydrogen-bond acceptors (Lipinski definition) is 5. The van der Waals surface area contributed by atoms with Crippen molar-refractivity contribution in [2.75, 3.05) is 13.2 Å². The average molecular weight is 482 g/mol. The Kier molecular flexibility index (Phi) is 7.73. The van der Waals surface area contributed by atoms with E-state index in [0.717, 1.165) is 34.2 Å². The third kappa shape index (κ3) is 6.41. The second-order valence-electron chi connectivity index (χ2n) is 8.93. The summed E-state index contributed by atoms with van der Waals surface area (Å²) in [6.07, 6.45) is 1.58. The zero-order valence-electron chi connectivity index (χ0n) is 19.7. The number of carbonyl (C=O) groups excluding carboxylic acids is 1. The van der Waals surface area contributed by atoms with E-state index in [4.69, 9.17) is 4.74 Å². The molecular weight excluding hydrogens is 452 g/mol. The van der Waals surface area contributed by atoms with Gasteiger partial charge in [-0.25, -0.2) is 8.78 Å². The first-order valence-electron chi connectivity index (χ1n) is 11.6. The number of aliphatic hydroxyl groups is 1. The molecule has 0 saturated heterocycles. The number of carbonyl (C=O) groups is 1. The van der Waals surface area contributed by atoms with E-state index in [1.54, 1.807) is 6.20 Å². The summed E-state index contributed by atoms with van der Waals surface area (Å²) in [6, 6.07) is 12.3. The molecule has 8 heteroatoms. The lowest BCUT2D eigenvalue weighted by molar-refractivity contribution is -0.120. The van der Waals surface area contributed by atoms with Crippen molar-refractivity contribution in [3.63, 3.8) is 0 Å². The number of aromatic nitrogens is 1. The van der Waals surface area contributed by atoms with Crippen LogP contribution in [0.1, 0.15) is 36.1 Å². The molecule has 0 radical (unpaired) electrons. The molecule has 0 fully saturated rings. The zero-order chi connectivity index (χ0) is 24.9. The van der Waals surface area contributed by atoms with Crippen LogP contribution in [0.4, 0.5) is 8.78 Å². The lowest BCUT2D eigenvalue weighted by Gasteiger charge is -2.30. The van der Waals surface area contributed by atoms with Crippen LogP contribution in [0.25, 0.3) is 11.3 Å². The van der Waals surface area contributed by atoms with Gasteiger partial charge in [-0.15, -0.1) is 0 Å². The molecule has 6 nitrogen and oxygen atoms in total. The molecule has 1 amide bonds. The van der Waals surface area contributed by atoms with E-state index in [1.165, 1.54) is 19.1 Å². The van der Waals surface area contributed by atoms with Gasteiger partial charge in [0.2, 0.25) is 5.91 Å². The lowest BCUT2D eigenvalue weighted by Crippen LogP contribution is -2.48. The highest BCUT2D eigenvalue weighted by molar-refractivity contribution is 5.73. The summed E-state index contributed by atoms with van der Waals surface area (Å²) in [7, 11) is 0. The van der Waals surface area contributed by atoms with Crippen LogP contribution in [-0.4, -0.2) is 41.3 Å². The van der Waals surface area contributed by atoms with E-state index < -0.39 is 23.8 Å². The number of hydrogen-bond donors (Lipinski definition) is 3. The molecule has 3 atom stereocenters. The van der Waals surface area contributed by atoms with Crippen LogP contribution in [0, 0.1) is 18.6 Å². The Morgan fingerprint density at radius 2 is 1.94 bits per heavy atom. The standard InChI is InChI=1S/C27H29F2N3O3/c1-16-5-7-30-24(9-16)19-3-4-27-22(13-19)23(6-8-35-27)31-15-26(34)25(32-17(2)33)12-18-10-20(28)14-21(29)11-18/h3-5,7,9-11,13-14,23,25-26,31,34H,6,8,12,15H2,1-2H3,(H,32,33). The number of rotatable bonds is 8. The number of amides is 1. The van der Waals surface area contributed by atoms with Crippen LogP contribution in [0.5, 0.6) is 5.75 Å². The predicted molar refractivity (Wildman–Crippen MR) is 129 cm³/mol. The molecule has 35 heavy (non-hydrogen) atoms. The molecule has 1 aromatic heterocycles. The topological polar surface area (TPSA) is 83.5 Å². The van der Waals surface area contributed by atoms with E-state index in [-0.39, 0.29) is 24.9 Å². The van der Waals surface area contributed by atoms with Crippen molar-refractivity contribution in [3.8, 4) is 17.0 Å². The number of benzene rings is 2. The van der Waals surface area contributed by atoms with E-state index in [9.17, 15) is 18.7 Å². The molecule has 0 aliphatic carbocycles. The quantitative estimate of drug-likeness (QED) is 0.455. The van der Waals surface area contributed by atoms with Gasteiger partial charge in [-0.3, -0.25) is 9.78 Å². The normalized spacial score (nSPS) is 16.7. The fraction of sp³-hybridized carbons (Fsp3) is 0.333. The van der Waals surface area contributed by atoms with Crippen molar-refractivity contribution in [3.05, 3.63) is 83.1 Å². The van der Waals surface area contributed by atoms with Crippen molar-refractivity contribution in [1.82, 2.24) is 15.6 Å². The van der Waals surface area contributed by atoms with Crippen LogP contribution in [0.3, 0.4) is 0 Å². The highest BCUT2D eigenvalue weighted by Gasteiger charge is 2.26. The lowest BCUT2D eigenvalue weighted by atomic mass is 9.95. The van der Waals surface area contributed by atoms with E-state index in [1.807, 2.05) is 37.3 Å². The maximum Gasteiger partial charge on any atom is 0.217 e. The smallest absolute Gasteiger partial charge is 0.217 e. The predicted octanol–water partition coefficient (Wildman–Crippen LogP) is 3.86. The number of nitrogens with zero attached hydrogens (tertiary/aromatic N) is 1. The van der Waals surface area contributed by atoms with Gasteiger partial charge >= 0.3 is 0 Å². The van der Waals surface area contributed by atoms with Crippen molar-refractivity contribution in [2.45, 2.75) is 44.9 Å². The van der Waals surface area contributed by atoms with Gasteiger partial charge in [-0.1, -0.05) is 0 Å². The summed E-state index contributed by atoms with van der Waals surface area (Å²) in [4.78, 5) is 16.2. The van der Waals surface area contributed by atoms with E-state index in [2.05, 4.69) is 15.6 Å². The summed E-state index contributed by atoms with van der Waals surface area (Å²) in [5, 5.41) is 17.0. The molecule has 3 N–H and O–H groups in total. The SMILES string of the molecule is CC(=O)NC(Cc1cc(F)cc(F)c1)C(O)CNC1CCOc2ccc(-c3cc(C)ccn3)cc21. The van der Waals surface area contributed by atoms with Crippen molar-refractivity contribution < 1.29 is 23.4 Å². The van der Waals surface area contributed by atoms with E-state index >= 15 is 0 Å². The third-order valence-electron chi connectivity index (χ3n) is 6.06. The molecule has 184 valence electrons. The minimum atomic E-state index is -0.988. The Morgan fingerprint density at radius 3 is 2.66 bits per heavy atom. The molecule has 0 spiro atoms. The summed E-state index contributed by atoms with van der Waals surface area (Å²) in [5.74, 6) is -0.968. The molecule has 2 aromatic carbocycles. The summed E-state index contributed by atoms with van der Waals surface area (Å²) >= 11 is 0. The van der Waals surface area contributed by atoms with Gasteiger partial charge in [0.1, 0.15) is 17.4 Å². The molecule has 1 aliphatic heterocycles. The Morgan fingerprint density at radius 1 is 1.17 bits per heavy atom. The van der Waals surface area contributed by atoms with Gasteiger partial charge in [-0.05, 0) is 66.9 Å². The first-order valence-corrected chi connectivity index (χ1v) is 11.6. The number of aliphatic hydroxyl groups excluding tert-OH is 1. The highest BCUT2D eigenvalue weighted by atomic mass is 19.1. The summed E-state index contributed by atoms with van der Waals surface area (Å²) in [5.41, 5.74) is 4.27. The fourth-order valence-electron chi connectivity index (χ4n) is 4.39. The van der Waals surface area contributed by atoms with Crippen molar-refractivity contribution in [1.29, 1.82) is 0 Å². The fourth-order valence-corrected chi connectivity index (χ4v) is 4.39. The average Bonchev–Trinajstić information content (AvgIpc) is 2.81. The van der Waals surface area contributed by atoms with Gasteiger partial charge in [-0.2, -0.15) is 0 Å². The van der Waals surface area contributed by atoms with Crippen LogP contribution in [-0.2, 0) is 11.2 Å². The molecule has 0 saturated carbocycles. The largest absolute Gasteiger partial charge is 0.493 e. The molecule has 2 heterocycles. The molecule has 3 aromatic rings.